The zero-order valence-electron chi connectivity index (χ0n) is 16.3. The summed E-state index contributed by atoms with van der Waals surface area (Å²) in [5.74, 6) is 1.33. The van der Waals surface area contributed by atoms with Gasteiger partial charge in [-0.3, -0.25) is 0 Å². The molecular weight excluding hydrogens is 441 g/mol. The van der Waals surface area contributed by atoms with E-state index in [0.717, 1.165) is 57.1 Å². The maximum Gasteiger partial charge on any atom is 0.191 e. The van der Waals surface area contributed by atoms with Gasteiger partial charge in [-0.2, -0.15) is 0 Å². The number of aryl methyl sites for hydroxylation is 1. The number of aliphatic hydroxyl groups is 1. The second-order valence-electron chi connectivity index (χ2n) is 7.13. The molecule has 0 spiro atoms. The third-order valence-electron chi connectivity index (χ3n) is 4.38. The van der Waals surface area contributed by atoms with Crippen LogP contribution < -0.4 is 10.6 Å². The number of nitrogens with one attached hydrogen (secondary N) is 2. The van der Waals surface area contributed by atoms with Crippen LogP contribution in [0.5, 0.6) is 0 Å². The van der Waals surface area contributed by atoms with Crippen molar-refractivity contribution in [2.24, 2.45) is 10.9 Å². The first-order chi connectivity index (χ1) is 12.0. The quantitative estimate of drug-likeness (QED) is 0.222. The van der Waals surface area contributed by atoms with Gasteiger partial charge < -0.3 is 20.5 Å². The number of rotatable bonds is 9. The third-order valence-corrected chi connectivity index (χ3v) is 4.38. The predicted octanol–water partition coefficient (Wildman–Crippen LogP) is 3.06. The predicted molar refractivity (Wildman–Crippen MR) is 118 cm³/mol. The molecule has 0 heterocycles. The fourth-order valence-corrected chi connectivity index (χ4v) is 3.08. The molecule has 1 atom stereocenters. The van der Waals surface area contributed by atoms with Gasteiger partial charge in [0.1, 0.15) is 5.60 Å². The Labute approximate surface area is 175 Å². The highest BCUT2D eigenvalue weighted by Crippen LogP contribution is 2.36. The number of aliphatic imine (C=N–C) groups is 1. The van der Waals surface area contributed by atoms with E-state index in [2.05, 4.69) is 35.5 Å². The van der Waals surface area contributed by atoms with Crippen molar-refractivity contribution in [3.8, 4) is 0 Å². The molecule has 0 aromatic heterocycles. The molecule has 0 aliphatic heterocycles. The molecule has 1 aliphatic carbocycles. The van der Waals surface area contributed by atoms with Crippen LogP contribution >= 0.6 is 24.0 Å². The monoisotopic (exact) mass is 475 g/mol. The van der Waals surface area contributed by atoms with Crippen molar-refractivity contribution < 1.29 is 9.84 Å². The molecule has 1 unspecified atom stereocenters. The summed E-state index contributed by atoms with van der Waals surface area (Å²) >= 11 is 0. The fraction of sp³-hybridized carbons (Fsp3) is 0.650. The Morgan fingerprint density at radius 1 is 1.31 bits per heavy atom. The van der Waals surface area contributed by atoms with Gasteiger partial charge in [0.25, 0.3) is 0 Å². The average Bonchev–Trinajstić information content (AvgIpc) is 2.93. The number of ether oxygens (including phenoxy) is 1. The highest BCUT2D eigenvalue weighted by atomic mass is 127. The molecule has 0 fully saturated rings. The SMILES string of the molecule is CCNC(=NCC1(O)CCc2ccccc21)NCCCOCC(C)C.I. The van der Waals surface area contributed by atoms with E-state index in [9.17, 15) is 5.11 Å². The van der Waals surface area contributed by atoms with Gasteiger partial charge in [-0.1, -0.05) is 38.1 Å². The lowest BCUT2D eigenvalue weighted by Gasteiger charge is -2.22. The Bertz CT molecular complexity index is 566. The molecule has 5 nitrogen and oxygen atoms in total. The molecule has 26 heavy (non-hydrogen) atoms. The lowest BCUT2D eigenvalue weighted by molar-refractivity contribution is 0.0485. The van der Waals surface area contributed by atoms with Crippen LogP contribution in [0.15, 0.2) is 29.3 Å². The molecule has 0 bridgehead atoms. The van der Waals surface area contributed by atoms with Crippen molar-refractivity contribution >= 4 is 29.9 Å². The van der Waals surface area contributed by atoms with Gasteiger partial charge in [0, 0.05) is 26.3 Å². The summed E-state index contributed by atoms with van der Waals surface area (Å²) < 4.78 is 5.59. The highest BCUT2D eigenvalue weighted by Gasteiger charge is 2.36. The Morgan fingerprint density at radius 2 is 2.08 bits per heavy atom. The maximum absolute atomic E-state index is 11.0. The summed E-state index contributed by atoms with van der Waals surface area (Å²) in [5, 5.41) is 17.5. The Hall–Kier alpha value is -0.860. The van der Waals surface area contributed by atoms with E-state index >= 15 is 0 Å². The van der Waals surface area contributed by atoms with E-state index in [0.29, 0.717) is 12.5 Å². The van der Waals surface area contributed by atoms with Gasteiger partial charge in [-0.25, -0.2) is 4.99 Å². The minimum Gasteiger partial charge on any atom is -0.383 e. The molecule has 3 N–H and O–H groups in total. The highest BCUT2D eigenvalue weighted by molar-refractivity contribution is 14.0. The first-order valence-corrected chi connectivity index (χ1v) is 9.46. The van der Waals surface area contributed by atoms with Gasteiger partial charge in [0.2, 0.25) is 0 Å². The first-order valence-electron chi connectivity index (χ1n) is 9.46. The summed E-state index contributed by atoms with van der Waals surface area (Å²) in [6.07, 6.45) is 2.59. The van der Waals surface area contributed by atoms with E-state index < -0.39 is 5.60 Å². The van der Waals surface area contributed by atoms with E-state index in [4.69, 9.17) is 4.74 Å². The van der Waals surface area contributed by atoms with Crippen LogP contribution in [0, 0.1) is 5.92 Å². The van der Waals surface area contributed by atoms with E-state index in [1.165, 1.54) is 5.56 Å². The zero-order valence-corrected chi connectivity index (χ0v) is 18.6. The average molecular weight is 475 g/mol. The number of hydrogen-bond acceptors (Lipinski definition) is 3. The van der Waals surface area contributed by atoms with Crippen LogP contribution in [0.25, 0.3) is 0 Å². The molecule has 6 heteroatoms. The molecule has 2 rings (SSSR count). The summed E-state index contributed by atoms with van der Waals surface area (Å²) in [6.45, 7) is 9.89. The Balaban J connectivity index is 0.00000338. The van der Waals surface area contributed by atoms with Crippen molar-refractivity contribution in [3.05, 3.63) is 35.4 Å². The second kappa shape index (κ2) is 11.8. The van der Waals surface area contributed by atoms with Gasteiger partial charge in [0.05, 0.1) is 6.54 Å². The van der Waals surface area contributed by atoms with Crippen LogP contribution in [-0.2, 0) is 16.8 Å². The Morgan fingerprint density at radius 3 is 2.81 bits per heavy atom. The normalized spacial score (nSPS) is 19.2. The number of nitrogens with zero attached hydrogens (tertiary/aromatic N) is 1. The standard InChI is InChI=1S/C20H33N3O2.HI/c1-4-21-19(22-12-7-13-25-14-16(2)3)23-15-20(24)11-10-17-8-5-6-9-18(17)20;/h5-6,8-9,16,24H,4,7,10-15H2,1-3H3,(H2,21,22,23);1H. The van der Waals surface area contributed by atoms with Crippen LogP contribution in [0.4, 0.5) is 0 Å². The zero-order chi connectivity index (χ0) is 18.1. The molecule has 1 aromatic carbocycles. The Kier molecular flexibility index (Phi) is 10.5. The van der Waals surface area contributed by atoms with Crippen molar-refractivity contribution in [2.45, 2.75) is 45.6 Å². The van der Waals surface area contributed by atoms with Crippen molar-refractivity contribution in [1.29, 1.82) is 0 Å². The van der Waals surface area contributed by atoms with E-state index in [-0.39, 0.29) is 24.0 Å². The lowest BCUT2D eigenvalue weighted by atomic mass is 9.96. The molecule has 148 valence electrons. The van der Waals surface area contributed by atoms with Crippen molar-refractivity contribution in [1.82, 2.24) is 10.6 Å². The summed E-state index contributed by atoms with van der Waals surface area (Å²) in [6, 6.07) is 8.13. The number of halogens is 1. The van der Waals surface area contributed by atoms with E-state index in [1.54, 1.807) is 0 Å². The first kappa shape index (κ1) is 23.2. The van der Waals surface area contributed by atoms with Crippen molar-refractivity contribution in [2.75, 3.05) is 32.8 Å². The topological polar surface area (TPSA) is 65.9 Å². The van der Waals surface area contributed by atoms with Gasteiger partial charge in [0.15, 0.2) is 5.96 Å². The number of fused-ring (bicyclic) bond motifs is 1. The molecule has 0 saturated carbocycles. The van der Waals surface area contributed by atoms with Gasteiger partial charge >= 0.3 is 0 Å². The minimum atomic E-state index is -0.848. The van der Waals surface area contributed by atoms with Crippen molar-refractivity contribution in [3.63, 3.8) is 0 Å². The van der Waals surface area contributed by atoms with Gasteiger partial charge in [-0.05, 0) is 43.2 Å². The number of hydrogen-bond donors (Lipinski definition) is 3. The van der Waals surface area contributed by atoms with Gasteiger partial charge in [-0.15, -0.1) is 24.0 Å². The number of benzene rings is 1. The lowest BCUT2D eigenvalue weighted by Crippen LogP contribution is -2.39. The molecule has 0 saturated heterocycles. The van der Waals surface area contributed by atoms with E-state index in [1.807, 2.05) is 25.1 Å². The summed E-state index contributed by atoms with van der Waals surface area (Å²) in [5.41, 5.74) is 1.41. The third kappa shape index (κ3) is 7.04. The minimum absolute atomic E-state index is 0. The molecule has 1 aliphatic rings. The maximum atomic E-state index is 11.0. The summed E-state index contributed by atoms with van der Waals surface area (Å²) in [4.78, 5) is 4.62. The van der Waals surface area contributed by atoms with Crippen LogP contribution in [0.1, 0.15) is 44.7 Å². The molecular formula is C20H34IN3O2. The summed E-state index contributed by atoms with van der Waals surface area (Å²) in [7, 11) is 0. The largest absolute Gasteiger partial charge is 0.383 e. The molecule has 0 radical (unpaired) electrons. The molecule has 1 aromatic rings. The fourth-order valence-electron chi connectivity index (χ4n) is 3.08. The van der Waals surface area contributed by atoms with Crippen LogP contribution in [0.3, 0.4) is 0 Å². The molecule has 0 amide bonds. The smallest absolute Gasteiger partial charge is 0.191 e. The van der Waals surface area contributed by atoms with Crippen LogP contribution in [0.2, 0.25) is 0 Å². The number of guanidine groups is 1. The second-order valence-corrected chi connectivity index (χ2v) is 7.13. The van der Waals surface area contributed by atoms with Crippen LogP contribution in [-0.4, -0.2) is 43.9 Å².